The lowest BCUT2D eigenvalue weighted by atomic mass is 9.97. The molecule has 2 heterocycles. The van der Waals surface area contributed by atoms with Crippen LogP contribution in [0.3, 0.4) is 0 Å². The molecule has 0 radical (unpaired) electrons. The molecule has 7 aromatic rings. The van der Waals surface area contributed by atoms with Crippen LogP contribution in [0.25, 0.3) is 67.2 Å². The molecule has 0 aliphatic heterocycles. The zero-order valence-electron chi connectivity index (χ0n) is 22.6. The minimum absolute atomic E-state index is 0.649. The maximum Gasteiger partial charge on any atom is 0.164 e. The van der Waals surface area contributed by atoms with Gasteiger partial charge in [-0.05, 0) is 52.8 Å². The van der Waals surface area contributed by atoms with E-state index in [1.165, 1.54) is 21.9 Å². The summed E-state index contributed by atoms with van der Waals surface area (Å²) in [7, 11) is 0. The van der Waals surface area contributed by atoms with Gasteiger partial charge in [-0.1, -0.05) is 115 Å². The van der Waals surface area contributed by atoms with Gasteiger partial charge in [-0.2, -0.15) is 0 Å². The second-order valence-corrected chi connectivity index (χ2v) is 10.0. The van der Waals surface area contributed by atoms with Gasteiger partial charge < -0.3 is 0 Å². The standard InChI is InChI=1S/C37H26N4/c1-25-34-24-32(20-19-28(34)21-22-38-25)27-17-15-26(16-18-27)31-13-8-14-33(23-31)37-40-35(29-9-4-2-5-10-29)39-36(41-37)30-11-6-3-7-12-30/h2-24H,1H3. The van der Waals surface area contributed by atoms with Crippen molar-refractivity contribution in [3.8, 4) is 56.4 Å². The third kappa shape index (κ3) is 4.99. The molecule has 0 N–H and O–H groups in total. The Kier molecular flexibility index (Phi) is 6.34. The van der Waals surface area contributed by atoms with Crippen LogP contribution in [0.15, 0.2) is 140 Å². The van der Waals surface area contributed by atoms with E-state index in [-0.39, 0.29) is 0 Å². The van der Waals surface area contributed by atoms with E-state index in [1.807, 2.05) is 66.9 Å². The fraction of sp³-hybridized carbons (Fsp3) is 0.0270. The zero-order valence-corrected chi connectivity index (χ0v) is 22.6. The molecule has 0 spiro atoms. The molecule has 194 valence electrons. The molecule has 7 rings (SSSR count). The van der Waals surface area contributed by atoms with Crippen LogP contribution in [0.1, 0.15) is 5.69 Å². The number of aromatic nitrogens is 4. The Morgan fingerprint density at radius 3 is 1.49 bits per heavy atom. The molecule has 0 atom stereocenters. The van der Waals surface area contributed by atoms with Gasteiger partial charge in [-0.25, -0.2) is 15.0 Å². The van der Waals surface area contributed by atoms with E-state index >= 15 is 0 Å². The normalized spacial score (nSPS) is 11.0. The van der Waals surface area contributed by atoms with Crippen molar-refractivity contribution in [2.24, 2.45) is 0 Å². The van der Waals surface area contributed by atoms with Crippen molar-refractivity contribution < 1.29 is 0 Å². The lowest BCUT2D eigenvalue weighted by Gasteiger charge is -2.10. The monoisotopic (exact) mass is 526 g/mol. The molecule has 0 unspecified atom stereocenters. The SMILES string of the molecule is Cc1nccc2ccc(-c3ccc(-c4cccc(-c5nc(-c6ccccc6)nc(-c6ccccc6)n5)c4)cc3)cc12. The van der Waals surface area contributed by atoms with Gasteiger partial charge in [0.2, 0.25) is 0 Å². The Hall–Kier alpha value is -5.48. The summed E-state index contributed by atoms with van der Waals surface area (Å²) in [6.07, 6.45) is 1.86. The molecule has 0 saturated heterocycles. The molecule has 41 heavy (non-hydrogen) atoms. The summed E-state index contributed by atoms with van der Waals surface area (Å²) in [4.78, 5) is 19.1. The molecule has 0 aliphatic rings. The largest absolute Gasteiger partial charge is 0.261 e. The van der Waals surface area contributed by atoms with Crippen molar-refractivity contribution in [1.82, 2.24) is 19.9 Å². The van der Waals surface area contributed by atoms with Crippen LogP contribution in [0.5, 0.6) is 0 Å². The van der Waals surface area contributed by atoms with Gasteiger partial charge in [-0.15, -0.1) is 0 Å². The summed E-state index contributed by atoms with van der Waals surface area (Å²) in [5, 5.41) is 2.39. The van der Waals surface area contributed by atoms with Gasteiger partial charge in [-0.3, -0.25) is 4.98 Å². The first kappa shape index (κ1) is 24.6. The van der Waals surface area contributed by atoms with Gasteiger partial charge in [0.15, 0.2) is 17.5 Å². The molecule has 0 aliphatic carbocycles. The molecule has 0 fully saturated rings. The first-order valence-corrected chi connectivity index (χ1v) is 13.6. The van der Waals surface area contributed by atoms with Gasteiger partial charge in [0, 0.05) is 34.0 Å². The topological polar surface area (TPSA) is 51.6 Å². The lowest BCUT2D eigenvalue weighted by molar-refractivity contribution is 1.07. The fourth-order valence-corrected chi connectivity index (χ4v) is 5.12. The van der Waals surface area contributed by atoms with Crippen LogP contribution in [0.4, 0.5) is 0 Å². The highest BCUT2D eigenvalue weighted by molar-refractivity contribution is 5.89. The first-order valence-electron chi connectivity index (χ1n) is 13.6. The first-order chi connectivity index (χ1) is 20.2. The number of aryl methyl sites for hydroxylation is 1. The van der Waals surface area contributed by atoms with Crippen molar-refractivity contribution >= 4 is 10.8 Å². The van der Waals surface area contributed by atoms with Crippen molar-refractivity contribution in [3.63, 3.8) is 0 Å². The average Bonchev–Trinajstić information content (AvgIpc) is 3.05. The summed E-state index contributed by atoms with van der Waals surface area (Å²) < 4.78 is 0. The second-order valence-electron chi connectivity index (χ2n) is 10.0. The number of benzene rings is 5. The number of nitrogens with zero attached hydrogens (tertiary/aromatic N) is 4. The third-order valence-corrected chi connectivity index (χ3v) is 7.34. The molecule has 2 aromatic heterocycles. The van der Waals surface area contributed by atoms with E-state index in [4.69, 9.17) is 15.0 Å². The summed E-state index contributed by atoms with van der Waals surface area (Å²) in [5.41, 5.74) is 8.50. The highest BCUT2D eigenvalue weighted by atomic mass is 15.0. The van der Waals surface area contributed by atoms with Crippen LogP contribution in [-0.4, -0.2) is 19.9 Å². The molecule has 5 aromatic carbocycles. The molecular formula is C37H26N4. The Balaban J connectivity index is 1.25. The van der Waals surface area contributed by atoms with E-state index in [0.29, 0.717) is 17.5 Å². The predicted molar refractivity (Wildman–Crippen MR) is 167 cm³/mol. The molecule has 0 saturated carbocycles. The highest BCUT2D eigenvalue weighted by Crippen LogP contribution is 2.31. The smallest absolute Gasteiger partial charge is 0.164 e. The Labute approximate surface area is 239 Å². The van der Waals surface area contributed by atoms with E-state index < -0.39 is 0 Å². The Bertz CT molecular complexity index is 1930. The van der Waals surface area contributed by atoms with Gasteiger partial charge >= 0.3 is 0 Å². The maximum absolute atomic E-state index is 4.89. The van der Waals surface area contributed by atoms with E-state index in [1.54, 1.807) is 0 Å². The van der Waals surface area contributed by atoms with Crippen molar-refractivity contribution in [3.05, 3.63) is 145 Å². The number of pyridine rings is 1. The maximum atomic E-state index is 4.89. The van der Waals surface area contributed by atoms with Crippen molar-refractivity contribution in [1.29, 1.82) is 0 Å². The molecule has 0 amide bonds. The molecule has 4 nitrogen and oxygen atoms in total. The second kappa shape index (κ2) is 10.6. The number of hydrogen-bond acceptors (Lipinski definition) is 4. The van der Waals surface area contributed by atoms with Gasteiger partial charge in [0.25, 0.3) is 0 Å². The fourth-order valence-electron chi connectivity index (χ4n) is 5.12. The van der Waals surface area contributed by atoms with Crippen molar-refractivity contribution in [2.45, 2.75) is 6.92 Å². The van der Waals surface area contributed by atoms with Crippen LogP contribution in [0, 0.1) is 6.92 Å². The molecular weight excluding hydrogens is 500 g/mol. The van der Waals surface area contributed by atoms with Crippen LogP contribution >= 0.6 is 0 Å². The number of hydrogen-bond donors (Lipinski definition) is 0. The summed E-state index contributed by atoms with van der Waals surface area (Å²) in [6.45, 7) is 2.06. The number of fused-ring (bicyclic) bond motifs is 1. The summed E-state index contributed by atoms with van der Waals surface area (Å²) >= 11 is 0. The van der Waals surface area contributed by atoms with E-state index in [0.717, 1.165) is 33.5 Å². The molecule has 0 bridgehead atoms. The van der Waals surface area contributed by atoms with Gasteiger partial charge in [0.05, 0.1) is 0 Å². The minimum Gasteiger partial charge on any atom is -0.261 e. The van der Waals surface area contributed by atoms with Crippen molar-refractivity contribution in [2.75, 3.05) is 0 Å². The quantitative estimate of drug-likeness (QED) is 0.224. The van der Waals surface area contributed by atoms with Crippen LogP contribution in [0.2, 0.25) is 0 Å². The third-order valence-electron chi connectivity index (χ3n) is 7.34. The average molecular weight is 527 g/mol. The van der Waals surface area contributed by atoms with Crippen LogP contribution < -0.4 is 0 Å². The van der Waals surface area contributed by atoms with E-state index in [2.05, 4.69) is 84.7 Å². The van der Waals surface area contributed by atoms with Crippen LogP contribution in [-0.2, 0) is 0 Å². The molecule has 4 heteroatoms. The Morgan fingerprint density at radius 1 is 0.390 bits per heavy atom. The number of rotatable bonds is 5. The highest BCUT2D eigenvalue weighted by Gasteiger charge is 2.13. The Morgan fingerprint density at radius 2 is 0.878 bits per heavy atom. The zero-order chi connectivity index (χ0) is 27.6. The lowest BCUT2D eigenvalue weighted by Crippen LogP contribution is -2.00. The van der Waals surface area contributed by atoms with Gasteiger partial charge in [0.1, 0.15) is 0 Å². The summed E-state index contributed by atoms with van der Waals surface area (Å²) in [5.74, 6) is 1.96. The van der Waals surface area contributed by atoms with E-state index in [9.17, 15) is 0 Å². The predicted octanol–water partition coefficient (Wildman–Crippen LogP) is 9.06. The minimum atomic E-state index is 0.649. The summed E-state index contributed by atoms with van der Waals surface area (Å²) in [6, 6.07) is 45.8.